The lowest BCUT2D eigenvalue weighted by atomic mass is 9.98. The van der Waals surface area contributed by atoms with Gasteiger partial charge in [-0.25, -0.2) is 4.57 Å². The highest BCUT2D eigenvalue weighted by Gasteiger charge is 2.44. The monoisotopic (exact) mass is 747 g/mol. The summed E-state index contributed by atoms with van der Waals surface area (Å²) in [4.78, 5) is 41.4. The first-order valence-electron chi connectivity index (χ1n) is 18.5. The summed E-state index contributed by atoms with van der Waals surface area (Å²) in [6, 6.07) is 0. The van der Waals surface area contributed by atoms with Gasteiger partial charge < -0.3 is 50.1 Å². The third-order valence-electron chi connectivity index (χ3n) is 8.52. The third kappa shape index (κ3) is 23.4. The number of rotatable bonds is 28. The molecule has 1 saturated heterocycles. The normalized spacial score (nSPS) is 21.5. The molecule has 7 atom stereocenters. The Morgan fingerprint density at radius 1 is 0.765 bits per heavy atom. The Balaban J connectivity index is 2.15. The number of nitrogens with one attached hydrogen (secondary N) is 1. The molecule has 0 bridgehead atoms. The van der Waals surface area contributed by atoms with Crippen LogP contribution < -0.4 is 5.32 Å². The Hall–Kier alpha value is -1.91. The van der Waals surface area contributed by atoms with Crippen molar-refractivity contribution in [2.24, 2.45) is 0 Å². The molecule has 15 heteroatoms. The van der Waals surface area contributed by atoms with Crippen LogP contribution >= 0.6 is 7.82 Å². The van der Waals surface area contributed by atoms with Crippen LogP contribution in [-0.2, 0) is 28.2 Å². The van der Waals surface area contributed by atoms with Crippen molar-refractivity contribution in [2.45, 2.75) is 172 Å². The molecule has 1 amide bonds. The van der Waals surface area contributed by atoms with E-state index >= 15 is 0 Å². The number of hydrogen-bond donors (Lipinski definition) is 8. The van der Waals surface area contributed by atoms with Crippen LogP contribution in [0.3, 0.4) is 0 Å². The number of ketones is 1. The highest BCUT2D eigenvalue weighted by Crippen LogP contribution is 2.35. The zero-order valence-electron chi connectivity index (χ0n) is 30.1. The van der Waals surface area contributed by atoms with Gasteiger partial charge in [0.25, 0.3) is 0 Å². The lowest BCUT2D eigenvalue weighted by Crippen LogP contribution is -2.61. The molecule has 0 aliphatic carbocycles. The average molecular weight is 748 g/mol. The molecule has 1 aliphatic rings. The number of unbranched alkanes of at least 4 members (excludes halogenated alkanes) is 16. The number of carbonyl (C=O) groups is 2. The summed E-state index contributed by atoms with van der Waals surface area (Å²) in [6.07, 6.45) is 8.87. The molecule has 51 heavy (non-hydrogen) atoms. The summed E-state index contributed by atoms with van der Waals surface area (Å²) >= 11 is 0. The number of Topliss-reactive ketones (excluding diaryl/α,β-unsaturated/α-hetero) is 1. The Labute approximate surface area is 303 Å². The van der Waals surface area contributed by atoms with E-state index < -0.39 is 69.7 Å². The van der Waals surface area contributed by atoms with Crippen LogP contribution in [0, 0.1) is 23.7 Å². The van der Waals surface area contributed by atoms with Gasteiger partial charge in [-0.1, -0.05) is 102 Å². The standard InChI is InChI=1S/C36H62NO13P/c1-2-3-4-5-6-7-8-9-10-11-12-13-14-15-16-17-18-19-20-21-22-23-24-31(40)37-25-30-33(42)34(43)35(44)36(50-30)48-26-28(38)32(41)29(39)27-49-51(45,46)47/h28,30,32-36,38,41-44H,2-12,17-27H2,1H3,(H,37,40)(H2,45,46,47)/t28-,30-,32+,33-,34+,35+,36+/m1/s1. The number of amides is 1. The molecule has 1 aliphatic heterocycles. The van der Waals surface area contributed by atoms with Gasteiger partial charge >= 0.3 is 7.82 Å². The average Bonchev–Trinajstić information content (AvgIpc) is 3.10. The van der Waals surface area contributed by atoms with E-state index in [4.69, 9.17) is 19.3 Å². The van der Waals surface area contributed by atoms with Gasteiger partial charge in [-0.2, -0.15) is 0 Å². The zero-order valence-corrected chi connectivity index (χ0v) is 31.0. The molecule has 0 spiro atoms. The van der Waals surface area contributed by atoms with E-state index in [1.807, 2.05) is 0 Å². The van der Waals surface area contributed by atoms with Gasteiger partial charge in [0.05, 0.1) is 6.61 Å². The highest BCUT2D eigenvalue weighted by atomic mass is 31.2. The van der Waals surface area contributed by atoms with E-state index in [0.29, 0.717) is 6.42 Å². The summed E-state index contributed by atoms with van der Waals surface area (Å²) < 4.78 is 25.3. The first-order chi connectivity index (χ1) is 24.4. The summed E-state index contributed by atoms with van der Waals surface area (Å²) in [7, 11) is -4.98. The zero-order chi connectivity index (χ0) is 37.9. The first kappa shape index (κ1) is 47.1. The minimum absolute atomic E-state index is 0.211. The maximum absolute atomic E-state index is 12.3. The minimum Gasteiger partial charge on any atom is -0.388 e. The highest BCUT2D eigenvalue weighted by molar-refractivity contribution is 7.46. The van der Waals surface area contributed by atoms with Gasteiger partial charge in [0, 0.05) is 25.8 Å². The van der Waals surface area contributed by atoms with Crippen LogP contribution in [0.2, 0.25) is 0 Å². The van der Waals surface area contributed by atoms with Crippen molar-refractivity contribution in [1.29, 1.82) is 0 Å². The quantitative estimate of drug-likeness (QED) is 0.0327. The Kier molecular flexibility index (Phi) is 26.4. The number of aliphatic hydroxyl groups is 5. The van der Waals surface area contributed by atoms with Crippen molar-refractivity contribution < 1.29 is 63.5 Å². The van der Waals surface area contributed by atoms with E-state index in [9.17, 15) is 39.7 Å². The molecular weight excluding hydrogens is 685 g/mol. The second-order valence-corrected chi connectivity index (χ2v) is 14.3. The molecule has 1 heterocycles. The van der Waals surface area contributed by atoms with Crippen LogP contribution in [0.5, 0.6) is 0 Å². The Morgan fingerprint density at radius 2 is 1.27 bits per heavy atom. The van der Waals surface area contributed by atoms with Crippen molar-refractivity contribution in [3.8, 4) is 23.7 Å². The van der Waals surface area contributed by atoms with Crippen molar-refractivity contribution in [2.75, 3.05) is 19.8 Å². The summed E-state index contributed by atoms with van der Waals surface area (Å²) in [6.45, 7) is 0.0613. The molecule has 0 radical (unpaired) electrons. The molecule has 14 nitrogen and oxygen atoms in total. The molecule has 1 fully saturated rings. The van der Waals surface area contributed by atoms with Gasteiger partial charge in [0.2, 0.25) is 5.91 Å². The number of phosphoric ester groups is 1. The fourth-order valence-corrected chi connectivity index (χ4v) is 5.67. The fourth-order valence-electron chi connectivity index (χ4n) is 5.38. The van der Waals surface area contributed by atoms with Crippen LogP contribution in [0.15, 0.2) is 0 Å². The minimum atomic E-state index is -4.98. The van der Waals surface area contributed by atoms with E-state index in [1.54, 1.807) is 0 Å². The molecular formula is C36H62NO13P. The number of aliphatic hydroxyl groups excluding tert-OH is 5. The summed E-state index contributed by atoms with van der Waals surface area (Å²) in [5.41, 5.74) is 0. The molecule has 0 aromatic heterocycles. The van der Waals surface area contributed by atoms with Gasteiger partial charge in [0.1, 0.15) is 43.2 Å². The van der Waals surface area contributed by atoms with Crippen molar-refractivity contribution in [3.05, 3.63) is 0 Å². The second kappa shape index (κ2) is 28.6. The van der Waals surface area contributed by atoms with Crippen molar-refractivity contribution in [1.82, 2.24) is 5.32 Å². The summed E-state index contributed by atoms with van der Waals surface area (Å²) in [5, 5.41) is 53.2. The lowest BCUT2D eigenvalue weighted by Gasteiger charge is -2.40. The van der Waals surface area contributed by atoms with Crippen molar-refractivity contribution in [3.63, 3.8) is 0 Å². The number of ether oxygens (including phenoxy) is 2. The smallest absolute Gasteiger partial charge is 0.388 e. The van der Waals surface area contributed by atoms with Crippen LogP contribution in [0.4, 0.5) is 0 Å². The lowest BCUT2D eigenvalue weighted by molar-refractivity contribution is -0.300. The molecule has 294 valence electrons. The SMILES string of the molecule is CCCCCCCCCCCCC#CC#CCCCCCCCCC(=O)NC[C@H]1O[C@H](OC[C@@H](O)[C@H](O)C(=O)COP(=O)(O)O)[C@@H](O)[C@@H](O)[C@@H]1O. The first-order valence-corrected chi connectivity index (χ1v) is 20.0. The molecule has 0 saturated carbocycles. The topological polar surface area (TPSA) is 233 Å². The number of phosphoric acid groups is 1. The van der Waals surface area contributed by atoms with E-state index in [0.717, 1.165) is 51.4 Å². The van der Waals surface area contributed by atoms with Crippen LogP contribution in [0.1, 0.15) is 129 Å². The molecule has 0 unspecified atom stereocenters. The number of carbonyl (C=O) groups excluding carboxylic acids is 2. The van der Waals surface area contributed by atoms with Gasteiger partial charge in [-0.05, 0) is 31.1 Å². The predicted molar refractivity (Wildman–Crippen MR) is 190 cm³/mol. The van der Waals surface area contributed by atoms with E-state index in [-0.39, 0.29) is 18.9 Å². The molecule has 0 aromatic carbocycles. The second-order valence-electron chi connectivity index (χ2n) is 13.1. The number of hydrogen-bond acceptors (Lipinski definition) is 11. The van der Waals surface area contributed by atoms with E-state index in [2.05, 4.69) is 40.4 Å². The van der Waals surface area contributed by atoms with Crippen LogP contribution in [0.25, 0.3) is 0 Å². The van der Waals surface area contributed by atoms with E-state index in [1.165, 1.54) is 57.8 Å². The summed E-state index contributed by atoms with van der Waals surface area (Å²) in [5.74, 6) is 10.6. The van der Waals surface area contributed by atoms with Crippen LogP contribution in [-0.4, -0.2) is 110 Å². The maximum Gasteiger partial charge on any atom is 0.470 e. The van der Waals surface area contributed by atoms with Gasteiger partial charge in [0.15, 0.2) is 12.1 Å². The fraction of sp³-hybridized carbons (Fsp3) is 0.833. The molecule has 1 rings (SSSR count). The molecule has 8 N–H and O–H groups in total. The molecule has 0 aromatic rings. The predicted octanol–water partition coefficient (Wildman–Crippen LogP) is 2.77. The Morgan fingerprint density at radius 3 is 1.80 bits per heavy atom. The Bertz CT molecular complexity index is 1130. The largest absolute Gasteiger partial charge is 0.470 e. The van der Waals surface area contributed by atoms with Gasteiger partial charge in [-0.15, -0.1) is 0 Å². The van der Waals surface area contributed by atoms with Gasteiger partial charge in [-0.3, -0.25) is 14.1 Å². The van der Waals surface area contributed by atoms with Crippen molar-refractivity contribution >= 4 is 19.5 Å². The maximum atomic E-state index is 12.3. The third-order valence-corrected chi connectivity index (χ3v) is 8.99.